The average Bonchev–Trinajstić information content (AvgIpc) is 3.70. The smallest absolute Gasteiger partial charge is 0.0410 e. The largest absolute Gasteiger partial charge is 0.372 e. The van der Waals surface area contributed by atoms with Crippen molar-refractivity contribution in [1.82, 2.24) is 9.80 Å². The fourth-order valence-corrected chi connectivity index (χ4v) is 7.53. The third-order valence-corrected chi connectivity index (χ3v) is 9.74. The molecule has 0 aliphatic heterocycles. The lowest BCUT2D eigenvalue weighted by atomic mass is 10.0. The maximum Gasteiger partial charge on any atom is 0.0410 e. The molecule has 0 saturated heterocycles. The lowest BCUT2D eigenvalue weighted by molar-refractivity contribution is 0.212. The van der Waals surface area contributed by atoms with Crippen LogP contribution in [0.25, 0.3) is 0 Å². The van der Waals surface area contributed by atoms with Gasteiger partial charge in [0.25, 0.3) is 0 Å². The summed E-state index contributed by atoms with van der Waals surface area (Å²) in [5.41, 5.74) is 5.54. The molecule has 4 unspecified atom stereocenters. The van der Waals surface area contributed by atoms with Gasteiger partial charge in [-0.3, -0.25) is 0 Å². The van der Waals surface area contributed by atoms with Crippen LogP contribution in [-0.4, -0.2) is 42.0 Å². The van der Waals surface area contributed by atoms with Crippen molar-refractivity contribution < 1.29 is 0 Å². The normalized spacial score (nSPS) is 25.9. The Morgan fingerprint density at radius 2 is 1.15 bits per heavy atom. The van der Waals surface area contributed by atoms with E-state index in [0.717, 1.165) is 12.5 Å². The van der Waals surface area contributed by atoms with Gasteiger partial charge < -0.3 is 14.7 Å². The molecule has 0 bridgehead atoms. The Bertz CT molecular complexity index is 1170. The number of likely N-dealkylation sites (N-methyl/N-ethyl adjacent to an activating group) is 1. The first-order valence-electron chi connectivity index (χ1n) is 15.8. The first kappa shape index (κ1) is 27.0. The Morgan fingerprint density at radius 3 is 1.75 bits per heavy atom. The summed E-state index contributed by atoms with van der Waals surface area (Å²) >= 11 is 0. The van der Waals surface area contributed by atoms with Crippen molar-refractivity contribution in [2.24, 2.45) is 11.8 Å². The van der Waals surface area contributed by atoms with Gasteiger partial charge in [0, 0.05) is 55.0 Å². The highest BCUT2D eigenvalue weighted by atomic mass is 15.2. The number of hydrogen-bond acceptors (Lipinski definition) is 3. The monoisotopic (exact) mass is 533 g/mol. The van der Waals surface area contributed by atoms with E-state index >= 15 is 0 Å². The van der Waals surface area contributed by atoms with Crippen molar-refractivity contribution in [3.63, 3.8) is 0 Å². The molecule has 3 heteroatoms. The highest BCUT2D eigenvalue weighted by Crippen LogP contribution is 2.39. The SMILES string of the molecule is CN(C1=CCCC=C1)C1CCC(CN(C2=CCCC=C2)C2CCC(CN(c3ccccc3)c3ccccc3)C2)C1. The minimum atomic E-state index is 0.646. The van der Waals surface area contributed by atoms with E-state index in [4.69, 9.17) is 0 Å². The summed E-state index contributed by atoms with van der Waals surface area (Å²) in [6.45, 7) is 2.31. The topological polar surface area (TPSA) is 9.72 Å². The van der Waals surface area contributed by atoms with Crippen molar-refractivity contribution in [3.8, 4) is 0 Å². The molecule has 6 rings (SSSR count). The van der Waals surface area contributed by atoms with Gasteiger partial charge in [0.2, 0.25) is 0 Å². The van der Waals surface area contributed by atoms with Gasteiger partial charge in [-0.05, 0) is 112 Å². The molecule has 3 nitrogen and oxygen atoms in total. The quantitative estimate of drug-likeness (QED) is 0.302. The van der Waals surface area contributed by atoms with Gasteiger partial charge in [0.15, 0.2) is 0 Å². The fourth-order valence-electron chi connectivity index (χ4n) is 7.53. The van der Waals surface area contributed by atoms with Crippen molar-refractivity contribution in [2.75, 3.05) is 25.0 Å². The summed E-state index contributed by atoms with van der Waals surface area (Å²) in [6, 6.07) is 23.3. The van der Waals surface area contributed by atoms with E-state index in [9.17, 15) is 0 Å². The van der Waals surface area contributed by atoms with Crippen molar-refractivity contribution in [1.29, 1.82) is 0 Å². The Hall–Kier alpha value is -3.20. The molecule has 4 aliphatic carbocycles. The van der Waals surface area contributed by atoms with Crippen LogP contribution in [0.15, 0.2) is 109 Å². The van der Waals surface area contributed by atoms with Gasteiger partial charge in [0.1, 0.15) is 0 Å². The second kappa shape index (κ2) is 13.0. The molecule has 40 heavy (non-hydrogen) atoms. The van der Waals surface area contributed by atoms with E-state index in [1.807, 2.05) is 0 Å². The summed E-state index contributed by atoms with van der Waals surface area (Å²) < 4.78 is 0. The molecule has 0 amide bonds. The third-order valence-electron chi connectivity index (χ3n) is 9.74. The molecule has 0 heterocycles. The predicted molar refractivity (Wildman–Crippen MR) is 170 cm³/mol. The minimum absolute atomic E-state index is 0.646. The molecule has 0 radical (unpaired) electrons. The number of para-hydroxylation sites is 2. The average molecular weight is 534 g/mol. The van der Waals surface area contributed by atoms with Gasteiger partial charge in [0.05, 0.1) is 0 Å². The summed E-state index contributed by atoms with van der Waals surface area (Å²) in [4.78, 5) is 7.97. The summed E-state index contributed by atoms with van der Waals surface area (Å²) in [6.07, 6.45) is 27.1. The summed E-state index contributed by atoms with van der Waals surface area (Å²) in [7, 11) is 2.32. The van der Waals surface area contributed by atoms with Crippen LogP contribution in [-0.2, 0) is 0 Å². The zero-order valence-corrected chi connectivity index (χ0v) is 24.4. The predicted octanol–water partition coefficient (Wildman–Crippen LogP) is 8.86. The molecule has 4 atom stereocenters. The van der Waals surface area contributed by atoms with Crippen molar-refractivity contribution in [2.45, 2.75) is 76.3 Å². The van der Waals surface area contributed by atoms with Crippen LogP contribution < -0.4 is 4.90 Å². The molecule has 0 N–H and O–H groups in total. The number of allylic oxidation sites excluding steroid dienone is 6. The van der Waals surface area contributed by atoms with E-state index in [0.29, 0.717) is 18.0 Å². The third kappa shape index (κ3) is 6.40. The lowest BCUT2D eigenvalue weighted by Gasteiger charge is -2.36. The summed E-state index contributed by atoms with van der Waals surface area (Å²) in [5, 5.41) is 0. The van der Waals surface area contributed by atoms with Crippen LogP contribution >= 0.6 is 0 Å². The van der Waals surface area contributed by atoms with E-state index in [2.05, 4.69) is 119 Å². The molecule has 210 valence electrons. The van der Waals surface area contributed by atoms with Crippen LogP contribution in [0.4, 0.5) is 11.4 Å². The Morgan fingerprint density at radius 1 is 0.600 bits per heavy atom. The highest BCUT2D eigenvalue weighted by molar-refractivity contribution is 5.63. The molecular weight excluding hydrogens is 486 g/mol. The van der Waals surface area contributed by atoms with E-state index in [-0.39, 0.29) is 0 Å². The van der Waals surface area contributed by atoms with Gasteiger partial charge in [-0.2, -0.15) is 0 Å². The van der Waals surface area contributed by atoms with E-state index in [1.54, 1.807) is 0 Å². The molecule has 0 spiro atoms. The van der Waals surface area contributed by atoms with E-state index < -0.39 is 0 Å². The second-order valence-electron chi connectivity index (χ2n) is 12.4. The Kier molecular flexibility index (Phi) is 8.76. The van der Waals surface area contributed by atoms with Gasteiger partial charge in [-0.25, -0.2) is 0 Å². The van der Waals surface area contributed by atoms with Crippen LogP contribution in [0.1, 0.15) is 64.2 Å². The van der Waals surface area contributed by atoms with Crippen molar-refractivity contribution >= 4 is 11.4 Å². The van der Waals surface area contributed by atoms with Crippen LogP contribution in [0.2, 0.25) is 0 Å². The van der Waals surface area contributed by atoms with Gasteiger partial charge in [-0.15, -0.1) is 0 Å². The van der Waals surface area contributed by atoms with Crippen LogP contribution in [0, 0.1) is 11.8 Å². The number of nitrogens with zero attached hydrogens (tertiary/aromatic N) is 3. The highest BCUT2D eigenvalue weighted by Gasteiger charge is 2.35. The maximum atomic E-state index is 2.85. The summed E-state index contributed by atoms with van der Waals surface area (Å²) in [5.74, 6) is 1.48. The Balaban J connectivity index is 1.13. The maximum absolute atomic E-state index is 2.85. The minimum Gasteiger partial charge on any atom is -0.372 e. The molecule has 2 aromatic carbocycles. The zero-order chi connectivity index (χ0) is 27.1. The van der Waals surface area contributed by atoms with Crippen LogP contribution in [0.5, 0.6) is 0 Å². The lowest BCUT2D eigenvalue weighted by Crippen LogP contribution is -2.37. The number of anilines is 2. The van der Waals surface area contributed by atoms with Crippen molar-refractivity contribution in [3.05, 3.63) is 109 Å². The van der Waals surface area contributed by atoms with Gasteiger partial charge in [-0.1, -0.05) is 60.7 Å². The fraction of sp³-hybridized carbons (Fsp3) is 0.459. The standard InChI is InChI=1S/C37H47N3/c1-38(32-14-6-2-7-15-32)36-24-22-30(26-36)29-40(35-20-12-5-13-21-35)37-25-23-31(27-37)28-39(33-16-8-3-9-17-33)34-18-10-4-11-19-34/h3-4,6,8-12,14-21,30-31,36-37H,2,5,7,13,22-29H2,1H3. The molecule has 2 aromatic rings. The molecule has 2 saturated carbocycles. The second-order valence-corrected chi connectivity index (χ2v) is 12.4. The van der Waals surface area contributed by atoms with E-state index in [1.165, 1.54) is 93.5 Å². The molecule has 0 aromatic heterocycles. The molecule has 4 aliphatic rings. The zero-order valence-electron chi connectivity index (χ0n) is 24.4. The Labute approximate surface area is 242 Å². The molecular formula is C37H47N3. The first-order valence-corrected chi connectivity index (χ1v) is 15.8. The molecule has 2 fully saturated rings. The number of hydrogen-bond donors (Lipinski definition) is 0. The van der Waals surface area contributed by atoms with Crippen LogP contribution in [0.3, 0.4) is 0 Å². The number of benzene rings is 2. The first-order chi connectivity index (χ1) is 19.7. The van der Waals surface area contributed by atoms with Gasteiger partial charge >= 0.3 is 0 Å². The number of rotatable bonds is 10.